The average molecular weight is 255 g/mol. The van der Waals surface area contributed by atoms with E-state index in [4.69, 9.17) is 16.7 Å². The number of hydrogen-bond donors (Lipinski definition) is 2. The van der Waals surface area contributed by atoms with Crippen molar-refractivity contribution < 1.29 is 14.7 Å². The van der Waals surface area contributed by atoms with Crippen LogP contribution in [0.15, 0.2) is 18.2 Å². The minimum atomic E-state index is -0.864. The number of aliphatic carboxylic acids is 1. The van der Waals surface area contributed by atoms with Gasteiger partial charge in [0.05, 0.1) is 5.41 Å². The number of aromatic nitrogens is 1. The molecule has 17 heavy (non-hydrogen) atoms. The van der Waals surface area contributed by atoms with Crippen LogP contribution in [0.4, 0.5) is 0 Å². The smallest absolute Gasteiger partial charge is 0.311 e. The molecule has 2 N–H and O–H groups in total. The molecular weight excluding hydrogens is 244 g/mol. The minimum absolute atomic E-state index is 0.134. The van der Waals surface area contributed by atoms with Gasteiger partial charge in [-0.15, -0.1) is 0 Å². The molecule has 90 valence electrons. The summed E-state index contributed by atoms with van der Waals surface area (Å²) >= 11 is 5.66. The molecule has 1 aliphatic rings. The highest BCUT2D eigenvalue weighted by atomic mass is 35.5. The molecule has 0 atom stereocenters. The maximum Gasteiger partial charge on any atom is 0.311 e. The lowest BCUT2D eigenvalue weighted by Gasteiger charge is -2.10. The molecular formula is C11H11ClN2O3. The Balaban J connectivity index is 1.96. The van der Waals surface area contributed by atoms with Crippen LogP contribution in [0.1, 0.15) is 23.3 Å². The van der Waals surface area contributed by atoms with Gasteiger partial charge in [-0.1, -0.05) is 17.7 Å². The van der Waals surface area contributed by atoms with Gasteiger partial charge < -0.3 is 10.4 Å². The van der Waals surface area contributed by atoms with E-state index in [-0.39, 0.29) is 17.4 Å². The van der Waals surface area contributed by atoms with Gasteiger partial charge in [0.25, 0.3) is 5.91 Å². The third-order valence-corrected chi connectivity index (χ3v) is 3.05. The third kappa shape index (κ3) is 2.55. The number of halogens is 1. The number of pyridine rings is 1. The Morgan fingerprint density at radius 2 is 2.18 bits per heavy atom. The number of carboxylic acids is 1. The topological polar surface area (TPSA) is 79.3 Å². The van der Waals surface area contributed by atoms with Gasteiger partial charge in [0.2, 0.25) is 0 Å². The molecule has 1 aromatic heterocycles. The van der Waals surface area contributed by atoms with Crippen LogP contribution in [-0.4, -0.2) is 28.5 Å². The summed E-state index contributed by atoms with van der Waals surface area (Å²) < 4.78 is 0. The summed E-state index contributed by atoms with van der Waals surface area (Å²) in [7, 11) is 0. The second-order valence-electron chi connectivity index (χ2n) is 4.11. The zero-order chi connectivity index (χ0) is 12.5. The van der Waals surface area contributed by atoms with E-state index in [1.807, 2.05) is 0 Å². The molecule has 1 saturated carbocycles. The van der Waals surface area contributed by atoms with E-state index in [1.165, 1.54) is 6.07 Å². The summed E-state index contributed by atoms with van der Waals surface area (Å²) in [6, 6.07) is 4.72. The number of amides is 1. The monoisotopic (exact) mass is 254 g/mol. The lowest BCUT2D eigenvalue weighted by molar-refractivity contribution is -0.143. The quantitative estimate of drug-likeness (QED) is 0.795. The van der Waals surface area contributed by atoms with Crippen LogP contribution >= 0.6 is 11.6 Å². The minimum Gasteiger partial charge on any atom is -0.481 e. The maximum atomic E-state index is 11.7. The summed E-state index contributed by atoms with van der Waals surface area (Å²) in [5.74, 6) is -1.27. The van der Waals surface area contributed by atoms with Crippen molar-refractivity contribution in [3.05, 3.63) is 29.0 Å². The first kappa shape index (κ1) is 11.9. The van der Waals surface area contributed by atoms with Crippen LogP contribution in [0.3, 0.4) is 0 Å². The van der Waals surface area contributed by atoms with Crippen molar-refractivity contribution in [3.8, 4) is 0 Å². The Labute approximate surface area is 103 Å². The van der Waals surface area contributed by atoms with Crippen LogP contribution in [0, 0.1) is 5.41 Å². The predicted molar refractivity (Wildman–Crippen MR) is 60.9 cm³/mol. The fourth-order valence-electron chi connectivity index (χ4n) is 1.49. The molecule has 6 heteroatoms. The molecule has 1 aliphatic carbocycles. The molecule has 1 heterocycles. The molecule has 0 spiro atoms. The first-order valence-electron chi connectivity index (χ1n) is 5.18. The first-order chi connectivity index (χ1) is 8.03. The molecule has 0 saturated heterocycles. The fourth-order valence-corrected chi connectivity index (χ4v) is 1.66. The normalized spacial score (nSPS) is 16.3. The number of nitrogens with one attached hydrogen (secondary N) is 1. The van der Waals surface area contributed by atoms with Gasteiger partial charge >= 0.3 is 5.97 Å². The summed E-state index contributed by atoms with van der Waals surface area (Å²) in [6.45, 7) is 0.134. The van der Waals surface area contributed by atoms with Crippen molar-refractivity contribution in [1.82, 2.24) is 10.3 Å². The van der Waals surface area contributed by atoms with Crippen molar-refractivity contribution in [1.29, 1.82) is 0 Å². The Bertz CT molecular complexity index is 472. The Kier molecular flexibility index (Phi) is 3.02. The maximum absolute atomic E-state index is 11.7. The molecule has 2 rings (SSSR count). The second kappa shape index (κ2) is 4.33. The predicted octanol–water partition coefficient (Wildman–Crippen LogP) is 1.33. The molecule has 0 radical (unpaired) electrons. The molecule has 0 unspecified atom stereocenters. The summed E-state index contributed by atoms with van der Waals surface area (Å²) in [6.07, 6.45) is 1.21. The molecule has 0 aliphatic heterocycles. The zero-order valence-electron chi connectivity index (χ0n) is 8.94. The molecule has 1 amide bonds. The van der Waals surface area contributed by atoms with E-state index >= 15 is 0 Å². The van der Waals surface area contributed by atoms with E-state index in [0.717, 1.165) is 0 Å². The molecule has 5 nitrogen and oxygen atoms in total. The number of carbonyl (C=O) groups is 2. The van der Waals surface area contributed by atoms with Gasteiger partial charge in [0.1, 0.15) is 10.8 Å². The van der Waals surface area contributed by atoms with Crippen molar-refractivity contribution in [3.63, 3.8) is 0 Å². The third-order valence-electron chi connectivity index (χ3n) is 2.84. The Morgan fingerprint density at radius 3 is 2.71 bits per heavy atom. The highest BCUT2D eigenvalue weighted by Crippen LogP contribution is 2.45. The largest absolute Gasteiger partial charge is 0.481 e. The van der Waals surface area contributed by atoms with Crippen LogP contribution < -0.4 is 5.32 Å². The molecule has 1 fully saturated rings. The number of nitrogens with zero attached hydrogens (tertiary/aromatic N) is 1. The Hall–Kier alpha value is -1.62. The van der Waals surface area contributed by atoms with Gasteiger partial charge in [0, 0.05) is 6.54 Å². The average Bonchev–Trinajstić information content (AvgIpc) is 3.07. The van der Waals surface area contributed by atoms with Gasteiger partial charge in [-0.2, -0.15) is 0 Å². The van der Waals surface area contributed by atoms with E-state index in [1.54, 1.807) is 12.1 Å². The van der Waals surface area contributed by atoms with Gasteiger partial charge in [-0.25, -0.2) is 4.98 Å². The summed E-state index contributed by atoms with van der Waals surface area (Å²) in [5, 5.41) is 11.7. The van der Waals surface area contributed by atoms with Crippen LogP contribution in [0.25, 0.3) is 0 Å². The lowest BCUT2D eigenvalue weighted by atomic mass is 10.1. The van der Waals surface area contributed by atoms with E-state index in [9.17, 15) is 9.59 Å². The van der Waals surface area contributed by atoms with Crippen LogP contribution in [-0.2, 0) is 4.79 Å². The van der Waals surface area contributed by atoms with Crippen LogP contribution in [0.2, 0.25) is 5.15 Å². The standard InChI is InChI=1S/C11H11ClN2O3/c12-8-3-1-2-7(14-8)9(15)13-6-11(4-5-11)10(16)17/h1-3H,4-6H2,(H,13,15)(H,16,17). The number of hydrogen-bond acceptors (Lipinski definition) is 3. The lowest BCUT2D eigenvalue weighted by Crippen LogP contribution is -2.34. The van der Waals surface area contributed by atoms with E-state index < -0.39 is 17.3 Å². The first-order valence-corrected chi connectivity index (χ1v) is 5.55. The second-order valence-corrected chi connectivity index (χ2v) is 4.50. The van der Waals surface area contributed by atoms with Gasteiger partial charge in [-0.05, 0) is 25.0 Å². The van der Waals surface area contributed by atoms with Gasteiger partial charge in [-0.3, -0.25) is 9.59 Å². The molecule has 0 bridgehead atoms. The summed E-state index contributed by atoms with van der Waals surface area (Å²) in [5.41, 5.74) is -0.576. The van der Waals surface area contributed by atoms with E-state index in [2.05, 4.69) is 10.3 Å². The van der Waals surface area contributed by atoms with Crippen LogP contribution in [0.5, 0.6) is 0 Å². The van der Waals surface area contributed by atoms with E-state index in [0.29, 0.717) is 12.8 Å². The fraction of sp³-hybridized carbons (Fsp3) is 0.364. The SMILES string of the molecule is O=C(NCC1(C(=O)O)CC1)c1cccc(Cl)n1. The molecule has 0 aromatic carbocycles. The van der Waals surface area contributed by atoms with Crippen molar-refractivity contribution in [2.75, 3.05) is 6.54 Å². The highest BCUT2D eigenvalue weighted by molar-refractivity contribution is 6.29. The van der Waals surface area contributed by atoms with Gasteiger partial charge in [0.15, 0.2) is 0 Å². The molecule has 1 aromatic rings. The zero-order valence-corrected chi connectivity index (χ0v) is 9.70. The summed E-state index contributed by atoms with van der Waals surface area (Å²) in [4.78, 5) is 26.4. The number of carboxylic acid groups (broad SMARTS) is 1. The van der Waals surface area contributed by atoms with Crippen molar-refractivity contribution in [2.24, 2.45) is 5.41 Å². The Morgan fingerprint density at radius 1 is 1.47 bits per heavy atom. The number of rotatable bonds is 4. The number of carbonyl (C=O) groups excluding carboxylic acids is 1. The van der Waals surface area contributed by atoms with Crippen molar-refractivity contribution in [2.45, 2.75) is 12.8 Å². The highest BCUT2D eigenvalue weighted by Gasteiger charge is 2.50. The van der Waals surface area contributed by atoms with Crippen molar-refractivity contribution >= 4 is 23.5 Å².